The fraction of sp³-hybridized carbons (Fsp3) is 0.467. The molecule has 10 heteroatoms. The van der Waals surface area contributed by atoms with Crippen molar-refractivity contribution in [2.45, 2.75) is 122 Å². The van der Waals surface area contributed by atoms with Crippen LogP contribution in [0.2, 0.25) is 0 Å². The highest BCUT2D eigenvalue weighted by atomic mass is 16.4. The molecule has 0 radical (unpaired) electrons. The van der Waals surface area contributed by atoms with Gasteiger partial charge in [0, 0.05) is 42.3 Å². The SMILES string of the molecule is CCNC(=O)N(c1cccc(C(CC)c2c(O)c3c(oc2=O)CCCCCC3)c1)c1ccc(C#N)c(C(c2c(O)c3c(oc2=O)CCCCCC3)C2CC2)c1. The second-order valence-electron chi connectivity index (χ2n) is 15.4. The van der Waals surface area contributed by atoms with E-state index < -0.39 is 29.1 Å². The van der Waals surface area contributed by atoms with E-state index in [1.807, 2.05) is 32.0 Å². The van der Waals surface area contributed by atoms with Gasteiger partial charge in [0.05, 0.1) is 34.1 Å². The van der Waals surface area contributed by atoms with Gasteiger partial charge in [-0.2, -0.15) is 5.26 Å². The Labute approximate surface area is 321 Å². The molecule has 0 saturated heterocycles. The Bertz CT molecular complexity index is 2230. The predicted molar refractivity (Wildman–Crippen MR) is 211 cm³/mol. The summed E-state index contributed by atoms with van der Waals surface area (Å²) in [4.78, 5) is 42.9. The highest BCUT2D eigenvalue weighted by molar-refractivity contribution is 5.99. The number of hydrogen-bond acceptors (Lipinski definition) is 8. The summed E-state index contributed by atoms with van der Waals surface area (Å²) in [6.07, 6.45) is 12.4. The zero-order valence-corrected chi connectivity index (χ0v) is 31.9. The van der Waals surface area contributed by atoms with Crippen molar-refractivity contribution in [1.82, 2.24) is 5.32 Å². The maximum absolute atomic E-state index is 14.0. The van der Waals surface area contributed by atoms with Crippen LogP contribution in [-0.4, -0.2) is 22.8 Å². The number of nitrogens with one attached hydrogen (secondary N) is 1. The van der Waals surface area contributed by atoms with Gasteiger partial charge in [-0.1, -0.05) is 44.7 Å². The maximum Gasteiger partial charge on any atom is 0.343 e. The summed E-state index contributed by atoms with van der Waals surface area (Å²) in [6, 6.07) is 14.4. The molecule has 0 spiro atoms. The van der Waals surface area contributed by atoms with Gasteiger partial charge in [-0.05, 0) is 112 Å². The Balaban J connectivity index is 1.33. The van der Waals surface area contributed by atoms with Gasteiger partial charge in [0.1, 0.15) is 23.0 Å². The lowest BCUT2D eigenvalue weighted by atomic mass is 9.83. The minimum Gasteiger partial charge on any atom is -0.507 e. The van der Waals surface area contributed by atoms with Gasteiger partial charge in [0.25, 0.3) is 0 Å². The monoisotopic (exact) mass is 745 g/mol. The minimum absolute atomic E-state index is 0.00919. The van der Waals surface area contributed by atoms with Gasteiger partial charge in [0.2, 0.25) is 0 Å². The van der Waals surface area contributed by atoms with E-state index in [4.69, 9.17) is 8.83 Å². The number of fused-ring (bicyclic) bond motifs is 2. The Morgan fingerprint density at radius 1 is 0.818 bits per heavy atom. The van der Waals surface area contributed by atoms with Crippen LogP contribution >= 0.6 is 0 Å². The number of rotatable bonds is 9. The maximum atomic E-state index is 14.0. The highest BCUT2D eigenvalue weighted by Gasteiger charge is 2.40. The van der Waals surface area contributed by atoms with Gasteiger partial charge < -0.3 is 24.4 Å². The normalized spacial score (nSPS) is 16.9. The highest BCUT2D eigenvalue weighted by Crippen LogP contribution is 2.50. The lowest BCUT2D eigenvalue weighted by molar-refractivity contribution is 0.249. The lowest BCUT2D eigenvalue weighted by Gasteiger charge is -2.27. The van der Waals surface area contributed by atoms with E-state index in [1.54, 1.807) is 24.3 Å². The lowest BCUT2D eigenvalue weighted by Crippen LogP contribution is -2.37. The van der Waals surface area contributed by atoms with E-state index in [-0.39, 0.29) is 28.5 Å². The summed E-state index contributed by atoms with van der Waals surface area (Å²) in [5, 5.41) is 36.7. The molecule has 55 heavy (non-hydrogen) atoms. The Morgan fingerprint density at radius 3 is 1.98 bits per heavy atom. The van der Waals surface area contributed by atoms with Crippen LogP contribution in [-0.2, 0) is 25.7 Å². The molecule has 0 aliphatic heterocycles. The largest absolute Gasteiger partial charge is 0.507 e. The molecule has 2 aromatic carbocycles. The molecule has 2 heterocycles. The van der Waals surface area contributed by atoms with Crippen molar-refractivity contribution in [2.24, 2.45) is 5.92 Å². The van der Waals surface area contributed by atoms with Crippen molar-refractivity contribution in [3.05, 3.63) is 114 Å². The Kier molecular flexibility index (Phi) is 11.5. The van der Waals surface area contributed by atoms with E-state index in [0.717, 1.165) is 69.8 Å². The van der Waals surface area contributed by atoms with E-state index in [2.05, 4.69) is 11.4 Å². The Hall–Kier alpha value is -5.30. The molecular weight excluding hydrogens is 695 g/mol. The third-order valence-electron chi connectivity index (χ3n) is 11.8. The zero-order valence-electron chi connectivity index (χ0n) is 31.9. The first-order valence-electron chi connectivity index (χ1n) is 20.2. The summed E-state index contributed by atoms with van der Waals surface area (Å²) in [5.41, 5.74) is 3.30. The van der Waals surface area contributed by atoms with Crippen LogP contribution in [0.4, 0.5) is 16.2 Å². The first-order valence-corrected chi connectivity index (χ1v) is 20.2. The topological polar surface area (TPSA) is 157 Å². The first-order chi connectivity index (χ1) is 26.7. The van der Waals surface area contributed by atoms with E-state index in [0.29, 0.717) is 83.8 Å². The third kappa shape index (κ3) is 7.67. The number of aryl methyl sites for hydroxylation is 2. The molecule has 3 aliphatic carbocycles. The fourth-order valence-corrected chi connectivity index (χ4v) is 8.85. The average molecular weight is 746 g/mol. The molecule has 288 valence electrons. The summed E-state index contributed by atoms with van der Waals surface area (Å²) in [7, 11) is 0. The van der Waals surface area contributed by atoms with Crippen LogP contribution in [0.1, 0.15) is 147 Å². The van der Waals surface area contributed by atoms with Gasteiger partial charge in [0.15, 0.2) is 0 Å². The number of nitriles is 1. The quantitative estimate of drug-likeness (QED) is 0.153. The smallest absolute Gasteiger partial charge is 0.343 e. The van der Waals surface area contributed by atoms with E-state index in [9.17, 15) is 29.9 Å². The molecule has 1 saturated carbocycles. The number of benzene rings is 2. The molecule has 2 unspecified atom stereocenters. The number of nitrogens with zero attached hydrogens (tertiary/aromatic N) is 2. The predicted octanol–water partition coefficient (Wildman–Crippen LogP) is 9.15. The number of carbonyl (C=O) groups is 1. The van der Waals surface area contributed by atoms with Gasteiger partial charge in [-0.3, -0.25) is 4.90 Å². The van der Waals surface area contributed by atoms with Crippen molar-refractivity contribution in [2.75, 3.05) is 11.4 Å². The van der Waals surface area contributed by atoms with Crippen molar-refractivity contribution in [3.63, 3.8) is 0 Å². The van der Waals surface area contributed by atoms with Gasteiger partial charge in [-0.15, -0.1) is 0 Å². The summed E-state index contributed by atoms with van der Waals surface area (Å²) < 4.78 is 11.8. The van der Waals surface area contributed by atoms with Crippen LogP contribution < -0.4 is 21.5 Å². The standard InChI is InChI=1S/C45H51N3O7/c1-3-32(39-41(49)33-16-9-5-7-11-18-36(33)54-43(39)51)28-14-13-15-30(24-28)48(45(53)47-4-2)31-23-22-29(26-46)35(25-31)38(27-20-21-27)40-42(50)34-17-10-6-8-12-19-37(34)55-44(40)52/h13-15,22-25,27,32,38,49-50H,3-12,16-21H2,1-2H3,(H,47,53). The molecule has 3 N–H and O–H groups in total. The molecule has 7 rings (SSSR count). The van der Waals surface area contributed by atoms with Gasteiger partial charge in [-0.25, -0.2) is 14.4 Å². The van der Waals surface area contributed by atoms with E-state index >= 15 is 0 Å². The molecule has 4 aromatic rings. The summed E-state index contributed by atoms with van der Waals surface area (Å²) >= 11 is 0. The fourth-order valence-electron chi connectivity index (χ4n) is 8.85. The molecule has 2 aromatic heterocycles. The molecule has 3 aliphatic rings. The molecule has 10 nitrogen and oxygen atoms in total. The van der Waals surface area contributed by atoms with Crippen molar-refractivity contribution >= 4 is 17.4 Å². The van der Waals surface area contributed by atoms with Crippen LogP contribution in [0.3, 0.4) is 0 Å². The van der Waals surface area contributed by atoms with Crippen LogP contribution in [0.15, 0.2) is 60.9 Å². The number of amides is 2. The molecule has 2 atom stereocenters. The van der Waals surface area contributed by atoms with E-state index in [1.165, 1.54) is 4.90 Å². The van der Waals surface area contributed by atoms with Crippen LogP contribution in [0, 0.1) is 17.2 Å². The number of anilines is 2. The first kappa shape index (κ1) is 38.0. The van der Waals surface area contributed by atoms with Crippen LogP contribution in [0.25, 0.3) is 0 Å². The average Bonchev–Trinajstić information content (AvgIpc) is 3.99. The Morgan fingerprint density at radius 2 is 1.40 bits per heavy atom. The second-order valence-corrected chi connectivity index (χ2v) is 15.4. The zero-order chi connectivity index (χ0) is 38.6. The minimum atomic E-state index is -0.604. The third-order valence-corrected chi connectivity index (χ3v) is 11.8. The summed E-state index contributed by atoms with van der Waals surface area (Å²) in [6.45, 7) is 4.14. The number of aromatic hydroxyl groups is 2. The second kappa shape index (κ2) is 16.6. The number of urea groups is 1. The van der Waals surface area contributed by atoms with Gasteiger partial charge >= 0.3 is 17.3 Å². The molecular formula is C45H51N3O7. The molecule has 1 fully saturated rings. The van der Waals surface area contributed by atoms with Crippen molar-refractivity contribution in [1.29, 1.82) is 5.26 Å². The van der Waals surface area contributed by atoms with Crippen molar-refractivity contribution < 1.29 is 23.8 Å². The molecule has 0 bridgehead atoms. The number of carbonyl (C=O) groups excluding carboxylic acids is 1. The van der Waals surface area contributed by atoms with Crippen molar-refractivity contribution in [3.8, 4) is 17.6 Å². The van der Waals surface area contributed by atoms with Crippen LogP contribution in [0.5, 0.6) is 11.5 Å². The summed E-state index contributed by atoms with van der Waals surface area (Å²) in [5.74, 6) is 0.0142. The number of hydrogen-bond donors (Lipinski definition) is 3. The molecule has 2 amide bonds.